The van der Waals surface area contributed by atoms with Crippen LogP contribution in [-0.2, 0) is 0 Å². The van der Waals surface area contributed by atoms with Crippen molar-refractivity contribution in [3.05, 3.63) is 42.7 Å². The van der Waals surface area contributed by atoms with Gasteiger partial charge in [0.25, 0.3) is 0 Å². The molecule has 0 saturated carbocycles. The SMILES string of the molecule is CCOc1cncc(Nc2ccc(N)cc2)c1. The van der Waals surface area contributed by atoms with Crippen molar-refractivity contribution in [2.24, 2.45) is 0 Å². The fraction of sp³-hybridized carbons (Fsp3) is 0.154. The van der Waals surface area contributed by atoms with Crippen LogP contribution in [0.3, 0.4) is 0 Å². The summed E-state index contributed by atoms with van der Waals surface area (Å²) < 4.78 is 5.38. The smallest absolute Gasteiger partial charge is 0.139 e. The van der Waals surface area contributed by atoms with E-state index in [0.29, 0.717) is 6.61 Å². The van der Waals surface area contributed by atoms with Crippen LogP contribution in [-0.4, -0.2) is 11.6 Å². The Hall–Kier alpha value is -2.23. The zero-order valence-corrected chi connectivity index (χ0v) is 9.68. The monoisotopic (exact) mass is 229 g/mol. The minimum absolute atomic E-state index is 0.632. The molecule has 1 heterocycles. The standard InChI is InChI=1S/C13H15N3O/c1-2-17-13-7-12(8-15-9-13)16-11-5-3-10(14)4-6-11/h3-9,16H,2,14H2,1H3. The molecule has 0 fully saturated rings. The summed E-state index contributed by atoms with van der Waals surface area (Å²) in [5.74, 6) is 0.757. The van der Waals surface area contributed by atoms with Gasteiger partial charge in [0, 0.05) is 17.4 Å². The minimum Gasteiger partial charge on any atom is -0.492 e. The van der Waals surface area contributed by atoms with Crippen LogP contribution in [0.5, 0.6) is 5.75 Å². The van der Waals surface area contributed by atoms with Crippen molar-refractivity contribution < 1.29 is 4.74 Å². The van der Waals surface area contributed by atoms with Gasteiger partial charge in [-0.2, -0.15) is 0 Å². The number of hydrogen-bond acceptors (Lipinski definition) is 4. The molecule has 0 aliphatic carbocycles. The van der Waals surface area contributed by atoms with E-state index in [-0.39, 0.29) is 0 Å². The molecule has 0 aliphatic heterocycles. The number of aromatic nitrogens is 1. The molecular weight excluding hydrogens is 214 g/mol. The molecule has 2 rings (SSSR count). The first-order chi connectivity index (χ1) is 8.28. The van der Waals surface area contributed by atoms with Crippen molar-refractivity contribution in [3.63, 3.8) is 0 Å². The molecule has 3 N–H and O–H groups in total. The summed E-state index contributed by atoms with van der Waals surface area (Å²) in [5.41, 5.74) is 8.23. The number of pyridine rings is 1. The third kappa shape index (κ3) is 3.11. The van der Waals surface area contributed by atoms with Crippen LogP contribution in [0.4, 0.5) is 17.1 Å². The van der Waals surface area contributed by atoms with Gasteiger partial charge in [-0.05, 0) is 31.2 Å². The molecule has 4 nitrogen and oxygen atoms in total. The lowest BCUT2D eigenvalue weighted by Crippen LogP contribution is -1.95. The first-order valence-corrected chi connectivity index (χ1v) is 5.48. The van der Waals surface area contributed by atoms with Crippen LogP contribution >= 0.6 is 0 Å². The van der Waals surface area contributed by atoms with Crippen molar-refractivity contribution in [3.8, 4) is 5.75 Å². The fourth-order valence-corrected chi connectivity index (χ4v) is 1.47. The topological polar surface area (TPSA) is 60.2 Å². The van der Waals surface area contributed by atoms with Crippen LogP contribution in [0.1, 0.15) is 6.92 Å². The second kappa shape index (κ2) is 5.21. The van der Waals surface area contributed by atoms with Crippen molar-refractivity contribution in [1.29, 1.82) is 0 Å². The quantitative estimate of drug-likeness (QED) is 0.791. The summed E-state index contributed by atoms with van der Waals surface area (Å²) in [5, 5.41) is 3.23. The molecule has 0 spiro atoms. The Morgan fingerprint density at radius 3 is 2.65 bits per heavy atom. The Bertz CT molecular complexity index is 482. The Balaban J connectivity index is 2.12. The van der Waals surface area contributed by atoms with Gasteiger partial charge in [0.15, 0.2) is 0 Å². The summed E-state index contributed by atoms with van der Waals surface area (Å²) >= 11 is 0. The van der Waals surface area contributed by atoms with E-state index in [4.69, 9.17) is 10.5 Å². The number of hydrogen-bond donors (Lipinski definition) is 2. The molecule has 17 heavy (non-hydrogen) atoms. The summed E-state index contributed by atoms with van der Waals surface area (Å²) in [6, 6.07) is 9.45. The number of anilines is 3. The van der Waals surface area contributed by atoms with Crippen molar-refractivity contribution in [2.75, 3.05) is 17.7 Å². The lowest BCUT2D eigenvalue weighted by molar-refractivity contribution is 0.339. The van der Waals surface area contributed by atoms with E-state index in [0.717, 1.165) is 22.8 Å². The molecule has 0 atom stereocenters. The number of nitrogens with two attached hydrogens (primary N) is 1. The number of nitrogens with zero attached hydrogens (tertiary/aromatic N) is 1. The highest BCUT2D eigenvalue weighted by Gasteiger charge is 1.98. The van der Waals surface area contributed by atoms with E-state index < -0.39 is 0 Å². The predicted molar refractivity (Wildman–Crippen MR) is 69.5 cm³/mol. The molecule has 1 aromatic heterocycles. The van der Waals surface area contributed by atoms with E-state index in [1.165, 1.54) is 0 Å². The largest absolute Gasteiger partial charge is 0.492 e. The molecule has 0 bridgehead atoms. The van der Waals surface area contributed by atoms with Gasteiger partial charge in [-0.25, -0.2) is 0 Å². The fourth-order valence-electron chi connectivity index (χ4n) is 1.47. The molecule has 0 saturated heterocycles. The van der Waals surface area contributed by atoms with Crippen LogP contribution in [0.15, 0.2) is 42.7 Å². The van der Waals surface area contributed by atoms with Crippen LogP contribution in [0.25, 0.3) is 0 Å². The number of rotatable bonds is 4. The van der Waals surface area contributed by atoms with Gasteiger partial charge in [0.1, 0.15) is 5.75 Å². The average Bonchev–Trinajstić information content (AvgIpc) is 2.33. The van der Waals surface area contributed by atoms with Gasteiger partial charge in [0.05, 0.1) is 24.7 Å². The number of nitrogen functional groups attached to an aromatic ring is 1. The maximum atomic E-state index is 5.62. The predicted octanol–water partition coefficient (Wildman–Crippen LogP) is 2.81. The average molecular weight is 229 g/mol. The Morgan fingerprint density at radius 2 is 1.94 bits per heavy atom. The molecule has 0 amide bonds. The second-order valence-corrected chi connectivity index (χ2v) is 3.59. The third-order valence-electron chi connectivity index (χ3n) is 2.22. The molecule has 2 aromatic rings. The minimum atomic E-state index is 0.632. The highest BCUT2D eigenvalue weighted by molar-refractivity contribution is 5.61. The van der Waals surface area contributed by atoms with Crippen LogP contribution < -0.4 is 15.8 Å². The Morgan fingerprint density at radius 1 is 1.18 bits per heavy atom. The Labute approximate surface area is 100 Å². The van der Waals surface area contributed by atoms with E-state index in [9.17, 15) is 0 Å². The molecule has 0 aliphatic rings. The molecule has 1 aromatic carbocycles. The number of benzene rings is 1. The molecular formula is C13H15N3O. The summed E-state index contributed by atoms with van der Waals surface area (Å²) in [6.07, 6.45) is 3.44. The van der Waals surface area contributed by atoms with E-state index in [1.807, 2.05) is 37.3 Å². The lowest BCUT2D eigenvalue weighted by atomic mass is 10.3. The summed E-state index contributed by atoms with van der Waals surface area (Å²) in [6.45, 7) is 2.58. The number of nitrogens with one attached hydrogen (secondary N) is 1. The van der Waals surface area contributed by atoms with Gasteiger partial charge in [0.2, 0.25) is 0 Å². The van der Waals surface area contributed by atoms with Crippen LogP contribution in [0.2, 0.25) is 0 Å². The van der Waals surface area contributed by atoms with E-state index in [2.05, 4.69) is 10.3 Å². The first-order valence-electron chi connectivity index (χ1n) is 5.48. The van der Waals surface area contributed by atoms with Crippen LogP contribution in [0, 0.1) is 0 Å². The maximum absolute atomic E-state index is 5.62. The highest BCUT2D eigenvalue weighted by Crippen LogP contribution is 2.20. The van der Waals surface area contributed by atoms with Crippen molar-refractivity contribution >= 4 is 17.1 Å². The van der Waals surface area contributed by atoms with E-state index >= 15 is 0 Å². The number of ether oxygens (including phenoxy) is 1. The van der Waals surface area contributed by atoms with Gasteiger partial charge in [-0.3, -0.25) is 4.98 Å². The molecule has 4 heteroatoms. The lowest BCUT2D eigenvalue weighted by Gasteiger charge is -2.08. The van der Waals surface area contributed by atoms with Gasteiger partial charge >= 0.3 is 0 Å². The van der Waals surface area contributed by atoms with E-state index in [1.54, 1.807) is 12.4 Å². The third-order valence-corrected chi connectivity index (χ3v) is 2.22. The summed E-state index contributed by atoms with van der Waals surface area (Å²) in [7, 11) is 0. The van der Waals surface area contributed by atoms with Crippen molar-refractivity contribution in [1.82, 2.24) is 4.98 Å². The van der Waals surface area contributed by atoms with Gasteiger partial charge in [-0.15, -0.1) is 0 Å². The normalized spacial score (nSPS) is 9.94. The zero-order chi connectivity index (χ0) is 12.1. The highest BCUT2D eigenvalue weighted by atomic mass is 16.5. The van der Waals surface area contributed by atoms with Gasteiger partial charge in [-0.1, -0.05) is 0 Å². The molecule has 0 unspecified atom stereocenters. The molecule has 88 valence electrons. The Kier molecular flexibility index (Phi) is 3.45. The first kappa shape index (κ1) is 11.3. The zero-order valence-electron chi connectivity index (χ0n) is 9.68. The van der Waals surface area contributed by atoms with Crippen molar-refractivity contribution in [2.45, 2.75) is 6.92 Å². The second-order valence-electron chi connectivity index (χ2n) is 3.59. The molecule has 0 radical (unpaired) electrons. The summed E-state index contributed by atoms with van der Waals surface area (Å²) in [4.78, 5) is 4.10. The van der Waals surface area contributed by atoms with Gasteiger partial charge < -0.3 is 15.8 Å². The maximum Gasteiger partial charge on any atom is 0.139 e.